The van der Waals surface area contributed by atoms with Crippen molar-refractivity contribution in [1.82, 2.24) is 0 Å². The molecule has 3 unspecified atom stereocenters. The Balaban J connectivity index is 2.06. The van der Waals surface area contributed by atoms with E-state index in [0.29, 0.717) is 6.42 Å². The van der Waals surface area contributed by atoms with Crippen LogP contribution >= 0.6 is 0 Å². The number of aliphatic hydroxyl groups excluding tert-OH is 1. The third-order valence-electron chi connectivity index (χ3n) is 4.25. The Morgan fingerprint density at radius 3 is 2.19 bits per heavy atom. The van der Waals surface area contributed by atoms with Crippen molar-refractivity contribution in [3.05, 3.63) is 65.7 Å². The predicted octanol–water partition coefficient (Wildman–Crippen LogP) is 3.07. The van der Waals surface area contributed by atoms with Gasteiger partial charge in [0.05, 0.1) is 16.2 Å². The van der Waals surface area contributed by atoms with Crippen LogP contribution in [-0.2, 0) is 9.84 Å². The zero-order chi connectivity index (χ0) is 15.0. The van der Waals surface area contributed by atoms with Crippen molar-refractivity contribution in [3.63, 3.8) is 0 Å². The van der Waals surface area contributed by atoms with Gasteiger partial charge in [-0.1, -0.05) is 49.4 Å². The van der Waals surface area contributed by atoms with Gasteiger partial charge >= 0.3 is 0 Å². The van der Waals surface area contributed by atoms with Crippen LogP contribution in [0.15, 0.2) is 59.5 Å². The molecule has 21 heavy (non-hydrogen) atoms. The minimum atomic E-state index is -3.54. The average Bonchev–Trinajstić information content (AvgIpc) is 2.51. The maximum atomic E-state index is 12.8. The Labute approximate surface area is 125 Å². The molecule has 110 valence electrons. The zero-order valence-electron chi connectivity index (χ0n) is 11.8. The second kappa shape index (κ2) is 5.28. The molecule has 1 N–H and O–H groups in total. The maximum Gasteiger partial charge on any atom is 0.184 e. The number of hydrogen-bond donors (Lipinski definition) is 1. The van der Waals surface area contributed by atoms with Gasteiger partial charge in [-0.15, -0.1) is 0 Å². The molecule has 3 nitrogen and oxygen atoms in total. The van der Waals surface area contributed by atoms with Gasteiger partial charge in [0.15, 0.2) is 9.84 Å². The fraction of sp³-hybridized carbons (Fsp3) is 0.294. The molecule has 3 atom stereocenters. The highest BCUT2D eigenvalue weighted by molar-refractivity contribution is 7.92. The summed E-state index contributed by atoms with van der Waals surface area (Å²) in [5.41, 5.74) is 1.78. The third-order valence-corrected chi connectivity index (χ3v) is 6.43. The van der Waals surface area contributed by atoms with Gasteiger partial charge in [0.1, 0.15) is 0 Å². The lowest BCUT2D eigenvalue weighted by Crippen LogP contribution is -2.34. The lowest BCUT2D eigenvalue weighted by molar-refractivity contribution is 0.154. The zero-order valence-corrected chi connectivity index (χ0v) is 12.6. The Bertz CT molecular complexity index is 738. The number of rotatable bonds is 2. The highest BCUT2D eigenvalue weighted by Crippen LogP contribution is 2.41. The van der Waals surface area contributed by atoms with Crippen molar-refractivity contribution in [2.45, 2.75) is 35.5 Å². The third kappa shape index (κ3) is 2.39. The summed E-state index contributed by atoms with van der Waals surface area (Å²) in [5, 5.41) is 9.77. The fourth-order valence-corrected chi connectivity index (χ4v) is 5.03. The first-order valence-corrected chi connectivity index (χ1v) is 8.62. The SMILES string of the molecule is CC1CC(S(=O)(=O)c2ccccc2)C(O)c2ccccc21. The molecule has 0 amide bonds. The van der Waals surface area contributed by atoms with Crippen LogP contribution < -0.4 is 0 Å². The second-order valence-electron chi connectivity index (χ2n) is 5.61. The molecular weight excluding hydrogens is 284 g/mol. The van der Waals surface area contributed by atoms with E-state index in [1.807, 2.05) is 31.2 Å². The van der Waals surface area contributed by atoms with E-state index in [4.69, 9.17) is 0 Å². The molecule has 3 rings (SSSR count). The van der Waals surface area contributed by atoms with Crippen molar-refractivity contribution < 1.29 is 13.5 Å². The first-order chi connectivity index (χ1) is 10.0. The van der Waals surface area contributed by atoms with Gasteiger partial charge in [0, 0.05) is 0 Å². The molecule has 2 aromatic carbocycles. The van der Waals surface area contributed by atoms with Crippen molar-refractivity contribution in [2.24, 2.45) is 0 Å². The lowest BCUT2D eigenvalue weighted by Gasteiger charge is -2.33. The average molecular weight is 302 g/mol. The first-order valence-electron chi connectivity index (χ1n) is 7.07. The standard InChI is InChI=1S/C17H18O3S/c1-12-11-16(17(18)15-10-6-5-9-14(12)15)21(19,20)13-7-3-2-4-8-13/h2-10,12,16-18H,11H2,1H3. The number of aliphatic hydroxyl groups is 1. The largest absolute Gasteiger partial charge is 0.387 e. The van der Waals surface area contributed by atoms with Gasteiger partial charge in [-0.05, 0) is 35.6 Å². The number of benzene rings is 2. The summed E-state index contributed by atoms with van der Waals surface area (Å²) >= 11 is 0. The van der Waals surface area contributed by atoms with Gasteiger partial charge in [0.2, 0.25) is 0 Å². The Hall–Kier alpha value is -1.65. The Kier molecular flexibility index (Phi) is 3.59. The van der Waals surface area contributed by atoms with Crippen LogP contribution in [-0.4, -0.2) is 18.8 Å². The summed E-state index contributed by atoms with van der Waals surface area (Å²) in [7, 11) is -3.54. The van der Waals surface area contributed by atoms with Crippen LogP contribution in [0.4, 0.5) is 0 Å². The molecule has 0 saturated carbocycles. The molecule has 0 aromatic heterocycles. The van der Waals surface area contributed by atoms with E-state index in [1.54, 1.807) is 30.3 Å². The van der Waals surface area contributed by atoms with Gasteiger partial charge in [0.25, 0.3) is 0 Å². The first kappa shape index (κ1) is 14.3. The normalized spacial score (nSPS) is 25.3. The summed E-state index contributed by atoms with van der Waals surface area (Å²) in [5.74, 6) is 0.119. The van der Waals surface area contributed by atoms with E-state index in [9.17, 15) is 13.5 Å². The van der Waals surface area contributed by atoms with Gasteiger partial charge < -0.3 is 5.11 Å². The summed E-state index contributed by atoms with van der Waals surface area (Å²) in [6.45, 7) is 2.01. The molecule has 0 aliphatic heterocycles. The van der Waals surface area contributed by atoms with Gasteiger partial charge in [-0.2, -0.15) is 0 Å². The van der Waals surface area contributed by atoms with Crippen LogP contribution in [0.3, 0.4) is 0 Å². The Morgan fingerprint density at radius 1 is 0.952 bits per heavy atom. The molecule has 4 heteroatoms. The summed E-state index contributed by atoms with van der Waals surface area (Å²) in [4.78, 5) is 0.278. The molecule has 0 heterocycles. The van der Waals surface area contributed by atoms with Crippen LogP contribution in [0.2, 0.25) is 0 Å². The summed E-state index contributed by atoms with van der Waals surface area (Å²) in [6, 6.07) is 15.9. The predicted molar refractivity (Wildman–Crippen MR) is 81.8 cm³/mol. The number of hydrogen-bond acceptors (Lipinski definition) is 3. The molecule has 2 aromatic rings. The smallest absolute Gasteiger partial charge is 0.184 e. The topological polar surface area (TPSA) is 54.4 Å². The molecule has 1 aliphatic rings. The van der Waals surface area contributed by atoms with E-state index in [1.165, 1.54) is 0 Å². The van der Waals surface area contributed by atoms with Crippen LogP contribution in [0.1, 0.15) is 36.5 Å². The van der Waals surface area contributed by atoms with Gasteiger partial charge in [-0.25, -0.2) is 8.42 Å². The van der Waals surface area contributed by atoms with Crippen LogP contribution in [0.25, 0.3) is 0 Å². The maximum absolute atomic E-state index is 12.8. The fourth-order valence-electron chi connectivity index (χ4n) is 3.11. The van der Waals surface area contributed by atoms with Crippen molar-refractivity contribution >= 4 is 9.84 Å². The van der Waals surface area contributed by atoms with Crippen LogP contribution in [0, 0.1) is 0 Å². The molecular formula is C17H18O3S. The summed E-state index contributed by atoms with van der Waals surface area (Å²) in [6.07, 6.45) is -0.530. The molecule has 0 saturated heterocycles. The van der Waals surface area contributed by atoms with Crippen molar-refractivity contribution in [1.29, 1.82) is 0 Å². The van der Waals surface area contributed by atoms with Crippen molar-refractivity contribution in [3.8, 4) is 0 Å². The lowest BCUT2D eigenvalue weighted by atomic mass is 9.82. The second-order valence-corrected chi connectivity index (χ2v) is 7.77. The molecule has 0 spiro atoms. The quantitative estimate of drug-likeness (QED) is 0.927. The Morgan fingerprint density at radius 2 is 1.52 bits per heavy atom. The van der Waals surface area contributed by atoms with E-state index in [0.717, 1.165) is 11.1 Å². The number of fused-ring (bicyclic) bond motifs is 1. The molecule has 0 fully saturated rings. The number of sulfone groups is 1. The van der Waals surface area contributed by atoms with E-state index in [2.05, 4.69) is 0 Å². The highest BCUT2D eigenvalue weighted by Gasteiger charge is 2.40. The molecule has 0 radical (unpaired) electrons. The van der Waals surface area contributed by atoms with Crippen molar-refractivity contribution in [2.75, 3.05) is 0 Å². The monoisotopic (exact) mass is 302 g/mol. The minimum absolute atomic E-state index is 0.119. The minimum Gasteiger partial charge on any atom is -0.387 e. The molecule has 1 aliphatic carbocycles. The van der Waals surface area contributed by atoms with Gasteiger partial charge in [-0.3, -0.25) is 0 Å². The van der Waals surface area contributed by atoms with Crippen LogP contribution in [0.5, 0.6) is 0 Å². The summed E-state index contributed by atoms with van der Waals surface area (Å²) < 4.78 is 25.6. The van der Waals surface area contributed by atoms with E-state index >= 15 is 0 Å². The molecule has 0 bridgehead atoms. The van der Waals surface area contributed by atoms with E-state index in [-0.39, 0.29) is 10.8 Å². The van der Waals surface area contributed by atoms with E-state index < -0.39 is 21.2 Å². The highest BCUT2D eigenvalue weighted by atomic mass is 32.2.